The van der Waals surface area contributed by atoms with Crippen LogP contribution < -0.4 is 10.6 Å². The molecule has 4 heterocycles. The first kappa shape index (κ1) is 26.1. The molecule has 2 amide bonds. The Hall–Kier alpha value is -4.51. The van der Waals surface area contributed by atoms with Crippen molar-refractivity contribution in [1.82, 2.24) is 34.5 Å². The average molecular weight is 529 g/mol. The van der Waals surface area contributed by atoms with Crippen LogP contribution in [0.4, 0.5) is 11.8 Å². The average Bonchev–Trinajstić information content (AvgIpc) is 3.54. The van der Waals surface area contributed by atoms with Crippen molar-refractivity contribution in [3.63, 3.8) is 0 Å². The fourth-order valence-electron chi connectivity index (χ4n) is 4.80. The zero-order chi connectivity index (χ0) is 27.7. The molecule has 4 aromatic rings. The van der Waals surface area contributed by atoms with E-state index >= 15 is 0 Å². The molecule has 1 aliphatic rings. The SMILES string of the molecule is Cc1cccc([C@@H](CO)NC(=O)[C@@H](C)N2CCn3cc(-c4nc(Nc5ccnn5C)ncc4C)cc3C2=O)c1. The summed E-state index contributed by atoms with van der Waals surface area (Å²) in [6.45, 7) is 6.29. The van der Waals surface area contributed by atoms with E-state index in [1.807, 2.05) is 68.1 Å². The number of aliphatic hydroxyl groups is 1. The minimum Gasteiger partial charge on any atom is -0.394 e. The molecule has 0 bridgehead atoms. The summed E-state index contributed by atoms with van der Waals surface area (Å²) in [5.74, 6) is 0.631. The van der Waals surface area contributed by atoms with Crippen LogP contribution in [-0.4, -0.2) is 65.3 Å². The molecule has 2 atom stereocenters. The van der Waals surface area contributed by atoms with Gasteiger partial charge in [0.25, 0.3) is 5.91 Å². The molecule has 11 heteroatoms. The highest BCUT2D eigenvalue weighted by Gasteiger charge is 2.33. The van der Waals surface area contributed by atoms with Crippen LogP contribution in [0.25, 0.3) is 11.3 Å². The number of aliphatic hydroxyl groups excluding tert-OH is 1. The smallest absolute Gasteiger partial charge is 0.271 e. The van der Waals surface area contributed by atoms with Crippen molar-refractivity contribution in [3.05, 3.63) is 77.4 Å². The molecule has 0 spiro atoms. The van der Waals surface area contributed by atoms with Crippen LogP contribution in [-0.2, 0) is 18.4 Å². The number of benzene rings is 1. The minimum atomic E-state index is -0.709. The van der Waals surface area contributed by atoms with E-state index in [4.69, 9.17) is 4.98 Å². The number of hydrogen-bond acceptors (Lipinski definition) is 7. The lowest BCUT2D eigenvalue weighted by atomic mass is 10.0. The summed E-state index contributed by atoms with van der Waals surface area (Å²) < 4.78 is 3.59. The Morgan fingerprint density at radius 1 is 1.18 bits per heavy atom. The summed E-state index contributed by atoms with van der Waals surface area (Å²) in [5, 5.41) is 20.1. The summed E-state index contributed by atoms with van der Waals surface area (Å²) in [6, 6.07) is 10.0. The number of carbonyl (C=O) groups excluding carboxylic acids is 2. The molecule has 11 nitrogen and oxygen atoms in total. The van der Waals surface area contributed by atoms with Gasteiger partial charge in [-0.1, -0.05) is 29.8 Å². The Kier molecular flexibility index (Phi) is 7.16. The number of aryl methyl sites for hydroxylation is 3. The van der Waals surface area contributed by atoms with Gasteiger partial charge in [-0.25, -0.2) is 9.97 Å². The second-order valence-corrected chi connectivity index (χ2v) is 9.83. The Balaban J connectivity index is 1.33. The van der Waals surface area contributed by atoms with Crippen LogP contribution in [0.5, 0.6) is 0 Å². The molecule has 1 aromatic carbocycles. The molecule has 3 N–H and O–H groups in total. The molecule has 1 aliphatic heterocycles. The zero-order valence-electron chi connectivity index (χ0n) is 22.4. The fourth-order valence-corrected chi connectivity index (χ4v) is 4.80. The summed E-state index contributed by atoms with van der Waals surface area (Å²) in [4.78, 5) is 37.3. The molecular formula is C28H32N8O3. The molecule has 0 radical (unpaired) electrons. The third-order valence-electron chi connectivity index (χ3n) is 7.05. The van der Waals surface area contributed by atoms with Crippen molar-refractivity contribution >= 4 is 23.6 Å². The number of hydrogen-bond donors (Lipinski definition) is 3. The lowest BCUT2D eigenvalue weighted by Gasteiger charge is -2.33. The van der Waals surface area contributed by atoms with Gasteiger partial charge in [0, 0.05) is 44.2 Å². The monoisotopic (exact) mass is 528 g/mol. The summed E-state index contributed by atoms with van der Waals surface area (Å²) in [6.07, 6.45) is 5.34. The van der Waals surface area contributed by atoms with Gasteiger partial charge >= 0.3 is 0 Å². The number of rotatable bonds is 8. The maximum absolute atomic E-state index is 13.5. The Morgan fingerprint density at radius 3 is 2.72 bits per heavy atom. The summed E-state index contributed by atoms with van der Waals surface area (Å²) in [5.41, 5.74) is 4.73. The van der Waals surface area contributed by atoms with Crippen molar-refractivity contribution in [2.24, 2.45) is 7.05 Å². The minimum absolute atomic E-state index is 0.230. The van der Waals surface area contributed by atoms with Gasteiger partial charge in [-0.15, -0.1) is 0 Å². The number of amides is 2. The van der Waals surface area contributed by atoms with Crippen molar-refractivity contribution in [2.75, 3.05) is 18.5 Å². The van der Waals surface area contributed by atoms with E-state index in [0.717, 1.165) is 28.1 Å². The van der Waals surface area contributed by atoms with Crippen LogP contribution >= 0.6 is 0 Å². The molecule has 0 saturated carbocycles. The predicted octanol–water partition coefficient (Wildman–Crippen LogP) is 2.73. The van der Waals surface area contributed by atoms with Crippen LogP contribution in [0, 0.1) is 13.8 Å². The Bertz CT molecular complexity index is 1520. The molecular weight excluding hydrogens is 496 g/mol. The van der Waals surface area contributed by atoms with Crippen LogP contribution in [0.3, 0.4) is 0 Å². The lowest BCUT2D eigenvalue weighted by molar-refractivity contribution is -0.126. The van der Waals surface area contributed by atoms with Crippen molar-refractivity contribution in [1.29, 1.82) is 0 Å². The maximum Gasteiger partial charge on any atom is 0.271 e. The van der Waals surface area contributed by atoms with Gasteiger partial charge in [0.05, 0.1) is 24.5 Å². The van der Waals surface area contributed by atoms with Gasteiger partial charge in [-0.05, 0) is 38.0 Å². The Morgan fingerprint density at radius 2 is 2.00 bits per heavy atom. The number of nitrogens with zero attached hydrogens (tertiary/aromatic N) is 6. The first-order valence-electron chi connectivity index (χ1n) is 12.8. The first-order chi connectivity index (χ1) is 18.7. The van der Waals surface area contributed by atoms with Crippen LogP contribution in [0.2, 0.25) is 0 Å². The van der Waals surface area contributed by atoms with Gasteiger partial charge in [0.1, 0.15) is 17.6 Å². The third-order valence-corrected chi connectivity index (χ3v) is 7.05. The van der Waals surface area contributed by atoms with E-state index in [1.54, 1.807) is 28.9 Å². The van der Waals surface area contributed by atoms with Gasteiger partial charge < -0.3 is 25.2 Å². The topological polar surface area (TPSA) is 130 Å². The molecule has 39 heavy (non-hydrogen) atoms. The zero-order valence-corrected chi connectivity index (χ0v) is 22.4. The van der Waals surface area contributed by atoms with Crippen molar-refractivity contribution in [3.8, 4) is 11.3 Å². The van der Waals surface area contributed by atoms with Crippen molar-refractivity contribution in [2.45, 2.75) is 39.4 Å². The summed E-state index contributed by atoms with van der Waals surface area (Å²) >= 11 is 0. The van der Waals surface area contributed by atoms with E-state index in [2.05, 4.69) is 20.7 Å². The number of fused-ring (bicyclic) bond motifs is 1. The second kappa shape index (κ2) is 10.7. The van der Waals surface area contributed by atoms with Crippen LogP contribution in [0.1, 0.15) is 40.1 Å². The second-order valence-electron chi connectivity index (χ2n) is 9.83. The molecule has 0 unspecified atom stereocenters. The number of carbonyl (C=O) groups is 2. The Labute approximate surface area is 226 Å². The van der Waals surface area contributed by atoms with Gasteiger partial charge in [0.2, 0.25) is 11.9 Å². The highest BCUT2D eigenvalue weighted by Crippen LogP contribution is 2.28. The van der Waals surface area contributed by atoms with Crippen molar-refractivity contribution < 1.29 is 14.7 Å². The third kappa shape index (κ3) is 5.26. The molecule has 0 aliphatic carbocycles. The van der Waals surface area contributed by atoms with E-state index in [0.29, 0.717) is 30.4 Å². The molecule has 3 aromatic heterocycles. The molecule has 0 fully saturated rings. The van der Waals surface area contributed by atoms with E-state index in [1.165, 1.54) is 0 Å². The van der Waals surface area contributed by atoms with E-state index in [9.17, 15) is 14.7 Å². The van der Waals surface area contributed by atoms with Gasteiger partial charge in [-0.2, -0.15) is 5.10 Å². The van der Waals surface area contributed by atoms with Gasteiger partial charge in [0.15, 0.2) is 0 Å². The summed E-state index contributed by atoms with van der Waals surface area (Å²) in [7, 11) is 1.82. The molecule has 202 valence electrons. The molecule has 0 saturated heterocycles. The normalized spacial score (nSPS) is 14.6. The first-order valence-corrected chi connectivity index (χ1v) is 12.8. The predicted molar refractivity (Wildman–Crippen MR) is 146 cm³/mol. The highest BCUT2D eigenvalue weighted by atomic mass is 16.3. The number of anilines is 2. The highest BCUT2D eigenvalue weighted by molar-refractivity contribution is 5.98. The van der Waals surface area contributed by atoms with Gasteiger partial charge in [-0.3, -0.25) is 14.3 Å². The maximum atomic E-state index is 13.5. The quantitative estimate of drug-likeness (QED) is 0.321. The lowest BCUT2D eigenvalue weighted by Crippen LogP contribution is -2.52. The van der Waals surface area contributed by atoms with Crippen LogP contribution in [0.15, 0.2) is 55.0 Å². The number of nitrogens with one attached hydrogen (secondary N) is 2. The molecule has 5 rings (SSSR count). The number of aromatic nitrogens is 5. The van der Waals surface area contributed by atoms with E-state index < -0.39 is 12.1 Å². The van der Waals surface area contributed by atoms with E-state index in [-0.39, 0.29) is 18.4 Å². The standard InChI is InChI=1S/C28H32N8O3/c1-17-6-5-7-20(12-17)22(16-37)31-26(38)19(3)36-11-10-35-15-21(13-23(35)27(36)39)25-18(2)14-29-28(33-25)32-24-8-9-30-34(24)4/h5-9,12-15,19,22,37H,10-11,16H2,1-4H3,(H,31,38)(H,29,32,33)/t19-,22-/m1/s1. The fraction of sp³-hybridized carbons (Fsp3) is 0.321. The largest absolute Gasteiger partial charge is 0.394 e.